The number of carbonyl (C=O) groups excluding carboxylic acids is 2. The van der Waals surface area contributed by atoms with Crippen LogP contribution < -0.4 is 20.4 Å². The Balaban J connectivity index is 1.56. The van der Waals surface area contributed by atoms with E-state index in [4.69, 9.17) is 9.94 Å². The van der Waals surface area contributed by atoms with Gasteiger partial charge in [-0.3, -0.25) is 14.8 Å². The van der Waals surface area contributed by atoms with E-state index in [0.29, 0.717) is 25.4 Å². The molecule has 7 heteroatoms. The first-order valence-corrected chi connectivity index (χ1v) is 9.99. The summed E-state index contributed by atoms with van der Waals surface area (Å²) in [5.74, 6) is -0.454. The molecule has 31 heavy (non-hydrogen) atoms. The van der Waals surface area contributed by atoms with Gasteiger partial charge in [-0.05, 0) is 29.3 Å². The predicted octanol–water partition coefficient (Wildman–Crippen LogP) is 2.89. The summed E-state index contributed by atoms with van der Waals surface area (Å²) in [7, 11) is 0. The van der Waals surface area contributed by atoms with Crippen LogP contribution in [0, 0.1) is 0 Å². The Morgan fingerprint density at radius 2 is 1.65 bits per heavy atom. The molecule has 0 saturated heterocycles. The van der Waals surface area contributed by atoms with Crippen molar-refractivity contribution in [2.75, 3.05) is 11.4 Å². The van der Waals surface area contributed by atoms with E-state index in [0.717, 1.165) is 16.8 Å². The highest BCUT2D eigenvalue weighted by atomic mass is 16.5. The number of ether oxygens (including phenoxy) is 1. The van der Waals surface area contributed by atoms with Crippen LogP contribution in [0.15, 0.2) is 78.9 Å². The highest BCUT2D eigenvalue weighted by Crippen LogP contribution is 2.35. The Labute approximate surface area is 180 Å². The van der Waals surface area contributed by atoms with Gasteiger partial charge in [0.15, 0.2) is 6.10 Å². The fourth-order valence-corrected chi connectivity index (χ4v) is 3.55. The molecule has 0 fully saturated rings. The van der Waals surface area contributed by atoms with E-state index >= 15 is 0 Å². The molecule has 2 amide bonds. The number of fused-ring (bicyclic) bond motifs is 1. The number of nitrogens with zero attached hydrogens (tertiary/aromatic N) is 1. The van der Waals surface area contributed by atoms with Gasteiger partial charge in [-0.1, -0.05) is 60.7 Å². The maximum absolute atomic E-state index is 12.9. The number of hydroxylamine groups is 1. The summed E-state index contributed by atoms with van der Waals surface area (Å²) in [5.41, 5.74) is 4.74. The zero-order chi connectivity index (χ0) is 21.6. The summed E-state index contributed by atoms with van der Waals surface area (Å²) in [6.45, 7) is 1.36. The van der Waals surface area contributed by atoms with E-state index in [9.17, 15) is 9.59 Å². The molecule has 1 atom stereocenters. The Kier molecular flexibility index (Phi) is 6.14. The smallest absolute Gasteiger partial charge is 0.274 e. The van der Waals surface area contributed by atoms with Gasteiger partial charge in [0.05, 0.1) is 12.2 Å². The second-order valence-corrected chi connectivity index (χ2v) is 7.30. The van der Waals surface area contributed by atoms with E-state index < -0.39 is 12.0 Å². The minimum atomic E-state index is -0.743. The molecule has 0 radical (unpaired) electrons. The molecule has 3 aromatic carbocycles. The van der Waals surface area contributed by atoms with Crippen molar-refractivity contribution in [3.05, 3.63) is 95.6 Å². The quantitative estimate of drug-likeness (QED) is 0.424. The molecule has 1 unspecified atom stereocenters. The van der Waals surface area contributed by atoms with Crippen molar-refractivity contribution in [1.82, 2.24) is 10.8 Å². The van der Waals surface area contributed by atoms with Crippen LogP contribution in [0.25, 0.3) is 0 Å². The highest BCUT2D eigenvalue weighted by Gasteiger charge is 2.31. The number of rotatable bonds is 6. The van der Waals surface area contributed by atoms with Gasteiger partial charge in [-0.2, -0.15) is 0 Å². The maximum atomic E-state index is 12.9. The molecule has 0 spiro atoms. The van der Waals surface area contributed by atoms with Crippen LogP contribution in [0.3, 0.4) is 0 Å². The average molecular weight is 417 g/mol. The molecule has 0 bridgehead atoms. The summed E-state index contributed by atoms with van der Waals surface area (Å²) < 4.78 is 5.97. The lowest BCUT2D eigenvalue weighted by Gasteiger charge is -2.36. The summed E-state index contributed by atoms with van der Waals surface area (Å²) in [6, 6.07) is 24.5. The minimum Gasteiger partial charge on any atom is -0.477 e. The van der Waals surface area contributed by atoms with Crippen LogP contribution in [-0.4, -0.2) is 29.7 Å². The van der Waals surface area contributed by atoms with Gasteiger partial charge in [0.25, 0.3) is 11.8 Å². The van der Waals surface area contributed by atoms with E-state index in [2.05, 4.69) is 10.2 Å². The standard InChI is InChI=1S/C24H23N3O4/c28-23(26-30)19-11-12-20-21(13-19)31-22(16-27(20)15-18-9-5-2-6-10-18)24(29)25-14-17-7-3-1-4-8-17/h1-13,22,30H,14-16H2,(H,25,29)(H,26,28). The molecule has 1 heterocycles. The number of amides is 2. The van der Waals surface area contributed by atoms with E-state index in [1.165, 1.54) is 6.07 Å². The van der Waals surface area contributed by atoms with Crippen LogP contribution in [0.1, 0.15) is 21.5 Å². The van der Waals surface area contributed by atoms with E-state index in [1.807, 2.05) is 60.7 Å². The van der Waals surface area contributed by atoms with Crippen molar-refractivity contribution in [3.63, 3.8) is 0 Å². The topological polar surface area (TPSA) is 90.9 Å². The van der Waals surface area contributed by atoms with Crippen LogP contribution in [0.2, 0.25) is 0 Å². The normalized spacial score (nSPS) is 14.9. The number of benzene rings is 3. The van der Waals surface area contributed by atoms with Crippen molar-refractivity contribution >= 4 is 17.5 Å². The van der Waals surface area contributed by atoms with E-state index in [-0.39, 0.29) is 11.5 Å². The summed E-state index contributed by atoms with van der Waals surface area (Å²) >= 11 is 0. The Bertz CT molecular complexity index is 1060. The first kappa shape index (κ1) is 20.4. The van der Waals surface area contributed by atoms with Gasteiger partial charge in [0, 0.05) is 18.7 Å². The van der Waals surface area contributed by atoms with Crippen LogP contribution >= 0.6 is 0 Å². The molecular weight excluding hydrogens is 394 g/mol. The van der Waals surface area contributed by atoms with Crippen LogP contribution in [0.4, 0.5) is 5.69 Å². The Hall–Kier alpha value is -3.84. The first-order chi connectivity index (χ1) is 15.1. The third-order valence-corrected chi connectivity index (χ3v) is 5.14. The van der Waals surface area contributed by atoms with Crippen molar-refractivity contribution in [2.45, 2.75) is 19.2 Å². The first-order valence-electron chi connectivity index (χ1n) is 9.99. The molecule has 4 rings (SSSR count). The Morgan fingerprint density at radius 1 is 0.968 bits per heavy atom. The molecule has 0 saturated carbocycles. The lowest BCUT2D eigenvalue weighted by atomic mass is 10.1. The van der Waals surface area contributed by atoms with Gasteiger partial charge >= 0.3 is 0 Å². The van der Waals surface area contributed by atoms with Gasteiger partial charge < -0.3 is 15.0 Å². The maximum Gasteiger partial charge on any atom is 0.274 e. The zero-order valence-electron chi connectivity index (χ0n) is 16.8. The molecule has 1 aliphatic heterocycles. The SMILES string of the molecule is O=C(NO)c1ccc2c(c1)OC(C(=O)NCc1ccccc1)CN2Cc1ccccc1. The van der Waals surface area contributed by atoms with Gasteiger partial charge in [0.2, 0.25) is 0 Å². The molecule has 7 nitrogen and oxygen atoms in total. The summed E-state index contributed by atoms with van der Waals surface area (Å²) in [5, 5.41) is 11.9. The lowest BCUT2D eigenvalue weighted by molar-refractivity contribution is -0.128. The third kappa shape index (κ3) is 4.84. The lowest BCUT2D eigenvalue weighted by Crippen LogP contribution is -2.48. The molecule has 3 aromatic rings. The molecule has 0 aromatic heterocycles. The van der Waals surface area contributed by atoms with Gasteiger partial charge in [-0.15, -0.1) is 0 Å². The number of carbonyl (C=O) groups is 2. The number of hydrogen-bond donors (Lipinski definition) is 3. The van der Waals surface area contributed by atoms with Gasteiger partial charge in [0.1, 0.15) is 5.75 Å². The average Bonchev–Trinajstić information content (AvgIpc) is 2.82. The third-order valence-electron chi connectivity index (χ3n) is 5.14. The molecular formula is C24H23N3O4. The van der Waals surface area contributed by atoms with Crippen molar-refractivity contribution < 1.29 is 19.5 Å². The zero-order valence-corrected chi connectivity index (χ0v) is 16.8. The molecule has 158 valence electrons. The fraction of sp³-hybridized carbons (Fsp3) is 0.167. The highest BCUT2D eigenvalue weighted by molar-refractivity contribution is 5.94. The largest absolute Gasteiger partial charge is 0.477 e. The molecule has 3 N–H and O–H groups in total. The van der Waals surface area contributed by atoms with Gasteiger partial charge in [-0.25, -0.2) is 5.48 Å². The van der Waals surface area contributed by atoms with E-state index in [1.54, 1.807) is 17.6 Å². The minimum absolute atomic E-state index is 0.232. The van der Waals surface area contributed by atoms with Crippen LogP contribution in [-0.2, 0) is 17.9 Å². The second-order valence-electron chi connectivity index (χ2n) is 7.30. The number of nitrogens with one attached hydrogen (secondary N) is 2. The second kappa shape index (κ2) is 9.32. The fourth-order valence-electron chi connectivity index (χ4n) is 3.55. The van der Waals surface area contributed by atoms with Crippen LogP contribution in [0.5, 0.6) is 5.75 Å². The molecule has 0 aliphatic carbocycles. The van der Waals surface area contributed by atoms with Crippen molar-refractivity contribution in [3.8, 4) is 5.75 Å². The van der Waals surface area contributed by atoms with Crippen molar-refractivity contribution in [2.24, 2.45) is 0 Å². The molecule has 1 aliphatic rings. The monoisotopic (exact) mass is 417 g/mol. The Morgan fingerprint density at radius 3 is 2.32 bits per heavy atom. The van der Waals surface area contributed by atoms with Crippen molar-refractivity contribution in [1.29, 1.82) is 0 Å². The number of hydrogen-bond acceptors (Lipinski definition) is 5. The number of anilines is 1. The predicted molar refractivity (Wildman–Crippen MR) is 116 cm³/mol. The summed E-state index contributed by atoms with van der Waals surface area (Å²) in [4.78, 5) is 26.8. The summed E-state index contributed by atoms with van der Waals surface area (Å²) in [6.07, 6.45) is -0.743.